The fourth-order valence-electron chi connectivity index (χ4n) is 4.93. The SMILES string of the molecule is O=C(NCCc1ccc2c(c1)OCO2)[C@@H]1C[C@@H](NCc2ccc(C(F)(F)F)cc2)CN1Cc1ccccc1. The molecule has 200 valence electrons. The molecule has 5 rings (SSSR count). The summed E-state index contributed by atoms with van der Waals surface area (Å²) in [6, 6.07) is 20.7. The van der Waals surface area contributed by atoms with Gasteiger partial charge in [0.1, 0.15) is 0 Å². The van der Waals surface area contributed by atoms with Gasteiger partial charge in [0.05, 0.1) is 11.6 Å². The van der Waals surface area contributed by atoms with Crippen molar-refractivity contribution in [2.24, 2.45) is 0 Å². The summed E-state index contributed by atoms with van der Waals surface area (Å²) in [6.07, 6.45) is -3.06. The maximum absolute atomic E-state index is 13.2. The van der Waals surface area contributed by atoms with E-state index in [0.717, 1.165) is 40.3 Å². The molecule has 2 heterocycles. The molecule has 1 saturated heterocycles. The number of carbonyl (C=O) groups is 1. The molecule has 9 heteroatoms. The Labute approximate surface area is 219 Å². The van der Waals surface area contributed by atoms with Crippen LogP contribution in [-0.4, -0.2) is 42.8 Å². The lowest BCUT2D eigenvalue weighted by Crippen LogP contribution is -2.43. The normalized spacial score (nSPS) is 19.0. The van der Waals surface area contributed by atoms with E-state index in [1.165, 1.54) is 12.1 Å². The van der Waals surface area contributed by atoms with Gasteiger partial charge in [-0.25, -0.2) is 0 Å². The number of nitrogens with zero attached hydrogens (tertiary/aromatic N) is 1. The zero-order valence-corrected chi connectivity index (χ0v) is 20.8. The maximum Gasteiger partial charge on any atom is 0.416 e. The van der Waals surface area contributed by atoms with Crippen molar-refractivity contribution in [2.75, 3.05) is 19.9 Å². The van der Waals surface area contributed by atoms with Crippen LogP contribution in [-0.2, 0) is 30.5 Å². The minimum Gasteiger partial charge on any atom is -0.454 e. The van der Waals surface area contributed by atoms with E-state index in [2.05, 4.69) is 15.5 Å². The van der Waals surface area contributed by atoms with Crippen LogP contribution in [0, 0.1) is 0 Å². The first-order chi connectivity index (χ1) is 18.3. The molecule has 0 aliphatic carbocycles. The third-order valence-corrected chi connectivity index (χ3v) is 6.96. The molecule has 0 bridgehead atoms. The minimum absolute atomic E-state index is 0.0273. The largest absolute Gasteiger partial charge is 0.454 e. The molecular weight excluding hydrogens is 495 g/mol. The maximum atomic E-state index is 13.2. The van der Waals surface area contributed by atoms with Crippen LogP contribution in [0.15, 0.2) is 72.8 Å². The van der Waals surface area contributed by atoms with Crippen LogP contribution >= 0.6 is 0 Å². The third-order valence-electron chi connectivity index (χ3n) is 6.96. The van der Waals surface area contributed by atoms with Gasteiger partial charge < -0.3 is 20.1 Å². The Balaban J connectivity index is 1.18. The quantitative estimate of drug-likeness (QED) is 0.430. The molecule has 1 amide bonds. The van der Waals surface area contributed by atoms with Crippen LogP contribution in [0.3, 0.4) is 0 Å². The predicted octanol–water partition coefficient (Wildman–Crippen LogP) is 4.53. The molecule has 38 heavy (non-hydrogen) atoms. The van der Waals surface area contributed by atoms with Gasteiger partial charge in [-0.05, 0) is 53.8 Å². The Kier molecular flexibility index (Phi) is 7.85. The minimum atomic E-state index is -4.35. The Bertz CT molecular complexity index is 1240. The summed E-state index contributed by atoms with van der Waals surface area (Å²) in [7, 11) is 0. The molecule has 1 fully saturated rings. The summed E-state index contributed by atoms with van der Waals surface area (Å²) < 4.78 is 49.4. The highest BCUT2D eigenvalue weighted by molar-refractivity contribution is 5.82. The summed E-state index contributed by atoms with van der Waals surface area (Å²) in [5.74, 6) is 1.43. The molecule has 0 radical (unpaired) electrons. The Hall–Kier alpha value is -3.56. The molecule has 2 atom stereocenters. The lowest BCUT2D eigenvalue weighted by Gasteiger charge is -2.23. The highest BCUT2D eigenvalue weighted by Crippen LogP contribution is 2.32. The highest BCUT2D eigenvalue weighted by Gasteiger charge is 2.36. The molecule has 3 aromatic rings. The van der Waals surface area contributed by atoms with Gasteiger partial charge in [-0.3, -0.25) is 9.69 Å². The Morgan fingerprint density at radius 2 is 1.66 bits per heavy atom. The zero-order chi connectivity index (χ0) is 26.5. The molecule has 2 aliphatic rings. The number of alkyl halides is 3. The summed E-state index contributed by atoms with van der Waals surface area (Å²) in [5, 5.41) is 6.52. The smallest absolute Gasteiger partial charge is 0.416 e. The first kappa shape index (κ1) is 26.1. The van der Waals surface area contributed by atoms with E-state index in [4.69, 9.17) is 9.47 Å². The van der Waals surface area contributed by atoms with Crippen molar-refractivity contribution in [1.29, 1.82) is 0 Å². The van der Waals surface area contributed by atoms with Crippen molar-refractivity contribution in [1.82, 2.24) is 15.5 Å². The topological polar surface area (TPSA) is 62.8 Å². The number of hydrogen-bond donors (Lipinski definition) is 2. The van der Waals surface area contributed by atoms with E-state index in [1.807, 2.05) is 48.5 Å². The van der Waals surface area contributed by atoms with Crippen LogP contribution < -0.4 is 20.1 Å². The predicted molar refractivity (Wildman–Crippen MR) is 137 cm³/mol. The van der Waals surface area contributed by atoms with Crippen LogP contribution in [0.5, 0.6) is 11.5 Å². The molecule has 0 aromatic heterocycles. The van der Waals surface area contributed by atoms with Gasteiger partial charge in [-0.15, -0.1) is 0 Å². The second-order valence-electron chi connectivity index (χ2n) is 9.67. The number of rotatable bonds is 9. The monoisotopic (exact) mass is 525 g/mol. The number of amides is 1. The molecule has 3 aromatic carbocycles. The standard InChI is InChI=1S/C29H30F3N3O3/c30-29(31,32)23-9-6-21(7-10-23)16-34-24-15-25(35(18-24)17-22-4-2-1-3-5-22)28(36)33-13-12-20-8-11-26-27(14-20)38-19-37-26/h1-11,14,24-25,34H,12-13,15-19H2,(H,33,36)/t24-,25+/m1/s1. The first-order valence-electron chi connectivity index (χ1n) is 12.7. The van der Waals surface area contributed by atoms with E-state index < -0.39 is 11.7 Å². The van der Waals surface area contributed by atoms with Crippen molar-refractivity contribution in [3.63, 3.8) is 0 Å². The molecule has 2 aliphatic heterocycles. The van der Waals surface area contributed by atoms with Crippen LogP contribution in [0.2, 0.25) is 0 Å². The lowest BCUT2D eigenvalue weighted by atomic mass is 10.1. The number of fused-ring (bicyclic) bond motifs is 1. The zero-order valence-electron chi connectivity index (χ0n) is 20.8. The number of benzene rings is 3. The summed E-state index contributed by atoms with van der Waals surface area (Å²) in [5.41, 5.74) is 2.28. The average molecular weight is 526 g/mol. The van der Waals surface area contributed by atoms with Crippen molar-refractivity contribution in [3.8, 4) is 11.5 Å². The van der Waals surface area contributed by atoms with Gasteiger partial charge in [0.15, 0.2) is 11.5 Å². The first-order valence-corrected chi connectivity index (χ1v) is 12.7. The second-order valence-corrected chi connectivity index (χ2v) is 9.67. The van der Waals surface area contributed by atoms with Crippen LogP contribution in [0.1, 0.15) is 28.7 Å². The van der Waals surface area contributed by atoms with Gasteiger partial charge in [-0.1, -0.05) is 48.5 Å². The van der Waals surface area contributed by atoms with Crippen molar-refractivity contribution in [2.45, 2.75) is 44.2 Å². The van der Waals surface area contributed by atoms with Gasteiger partial charge in [-0.2, -0.15) is 13.2 Å². The van der Waals surface area contributed by atoms with Gasteiger partial charge in [0.25, 0.3) is 0 Å². The highest BCUT2D eigenvalue weighted by atomic mass is 19.4. The third kappa shape index (κ3) is 6.46. The molecule has 0 saturated carbocycles. The van der Waals surface area contributed by atoms with Crippen molar-refractivity contribution in [3.05, 3.63) is 95.1 Å². The Morgan fingerprint density at radius 3 is 2.42 bits per heavy atom. The molecule has 0 unspecified atom stereocenters. The molecule has 0 spiro atoms. The second kappa shape index (κ2) is 11.4. The van der Waals surface area contributed by atoms with E-state index >= 15 is 0 Å². The lowest BCUT2D eigenvalue weighted by molar-refractivity contribution is -0.137. The Morgan fingerprint density at radius 1 is 0.921 bits per heavy atom. The summed E-state index contributed by atoms with van der Waals surface area (Å²) in [4.78, 5) is 15.4. The van der Waals surface area contributed by atoms with Gasteiger partial charge >= 0.3 is 6.18 Å². The van der Waals surface area contributed by atoms with E-state index in [-0.39, 0.29) is 24.8 Å². The average Bonchev–Trinajstić information content (AvgIpc) is 3.54. The number of ether oxygens (including phenoxy) is 2. The fraction of sp³-hybridized carbons (Fsp3) is 0.345. The number of nitrogens with one attached hydrogen (secondary N) is 2. The summed E-state index contributed by atoms with van der Waals surface area (Å²) >= 11 is 0. The molecule has 2 N–H and O–H groups in total. The number of likely N-dealkylation sites (tertiary alicyclic amines) is 1. The van der Waals surface area contributed by atoms with Gasteiger partial charge in [0, 0.05) is 32.2 Å². The van der Waals surface area contributed by atoms with Crippen molar-refractivity contribution >= 4 is 5.91 Å². The molecular formula is C29H30F3N3O3. The van der Waals surface area contributed by atoms with E-state index in [0.29, 0.717) is 39.0 Å². The van der Waals surface area contributed by atoms with Gasteiger partial charge in [0.2, 0.25) is 12.7 Å². The summed E-state index contributed by atoms with van der Waals surface area (Å²) in [6.45, 7) is 2.45. The van der Waals surface area contributed by atoms with Crippen LogP contribution in [0.25, 0.3) is 0 Å². The number of hydrogen-bond acceptors (Lipinski definition) is 5. The van der Waals surface area contributed by atoms with E-state index in [1.54, 1.807) is 0 Å². The van der Waals surface area contributed by atoms with Crippen LogP contribution in [0.4, 0.5) is 13.2 Å². The number of halogens is 3. The number of carbonyl (C=O) groups excluding carboxylic acids is 1. The molecule has 6 nitrogen and oxygen atoms in total. The fourth-order valence-corrected chi connectivity index (χ4v) is 4.93. The van der Waals surface area contributed by atoms with E-state index in [9.17, 15) is 18.0 Å². The van der Waals surface area contributed by atoms with Crippen molar-refractivity contribution < 1.29 is 27.4 Å².